The van der Waals surface area contributed by atoms with E-state index in [1.165, 1.54) is 20.0 Å². The molecule has 5 rings (SSSR count). The normalized spacial score (nSPS) is 11.5. The number of benzene rings is 3. The van der Waals surface area contributed by atoms with Gasteiger partial charge >= 0.3 is 19.8 Å². The number of fused-ring (bicyclic) bond motifs is 1. The highest BCUT2D eigenvalue weighted by atomic mass is 31.2. The molecule has 1 atom stereocenters. The Labute approximate surface area is 339 Å². The van der Waals surface area contributed by atoms with Crippen molar-refractivity contribution in [3.63, 3.8) is 0 Å². The number of aliphatic carboxylic acids is 2. The topological polar surface area (TPSA) is 261 Å². The third-order valence-corrected chi connectivity index (χ3v) is 9.94. The number of anilines is 4. The highest BCUT2D eigenvalue weighted by Crippen LogP contribution is 2.49. The van der Waals surface area contributed by atoms with Gasteiger partial charge in [0, 0.05) is 23.4 Å². The van der Waals surface area contributed by atoms with Crippen LogP contribution in [0.5, 0.6) is 0 Å². The van der Waals surface area contributed by atoms with E-state index < -0.39 is 31.2 Å². The van der Waals surface area contributed by atoms with Crippen LogP contribution in [0.2, 0.25) is 0 Å². The van der Waals surface area contributed by atoms with E-state index in [0.29, 0.717) is 41.2 Å². The van der Waals surface area contributed by atoms with Gasteiger partial charge in [0.25, 0.3) is 11.5 Å². The summed E-state index contributed by atoms with van der Waals surface area (Å²) in [6, 6.07) is 21.0. The number of amides is 1. The zero-order valence-corrected chi connectivity index (χ0v) is 33.8. The predicted octanol–water partition coefficient (Wildman–Crippen LogP) is 6.84. The molecule has 0 aliphatic rings. The number of hydrogen-bond acceptors (Lipinski definition) is 14. The molecule has 59 heavy (non-hydrogen) atoms. The third-order valence-electron chi connectivity index (χ3n) is 8.30. The maximum atomic E-state index is 13.3. The minimum absolute atomic E-state index is 0.0163. The van der Waals surface area contributed by atoms with Crippen LogP contribution in [-0.2, 0) is 40.7 Å². The van der Waals surface area contributed by atoms with E-state index in [1.807, 2.05) is 12.1 Å². The molecule has 0 aliphatic heterocycles. The minimum Gasteiger partial charge on any atom is -0.481 e. The van der Waals surface area contributed by atoms with Gasteiger partial charge in [-0.05, 0) is 87.7 Å². The minimum atomic E-state index is -3.59. The zero-order valence-electron chi connectivity index (χ0n) is 32.9. The number of rotatable bonds is 20. The molecule has 19 heteroatoms. The highest BCUT2D eigenvalue weighted by molar-refractivity contribution is 7.48. The van der Waals surface area contributed by atoms with Crippen LogP contribution in [0.3, 0.4) is 0 Å². The lowest BCUT2D eigenvalue weighted by molar-refractivity contribution is -0.142. The largest absolute Gasteiger partial charge is 0.481 e. The van der Waals surface area contributed by atoms with Crippen molar-refractivity contribution in [1.29, 1.82) is 0 Å². The molecule has 312 valence electrons. The molecule has 0 saturated carbocycles. The maximum Gasteiger partial charge on any atom is 0.474 e. The number of aromatic nitrogens is 4. The summed E-state index contributed by atoms with van der Waals surface area (Å²) in [7, 11) is -3.59. The van der Waals surface area contributed by atoms with Crippen LogP contribution in [0.15, 0.2) is 83.8 Å². The molecule has 0 aliphatic carbocycles. The SMILES string of the molecule is CC(CCC(=O)O)C(=O)O.CCOP(=O)(OCC)OCCc1ccc(NC(=O)c2ccccc2Nc2nc3ncc(CNc4ccc(C(C)=O)cc4)nc3c(=O)[nH]2)cc1. The van der Waals surface area contributed by atoms with Gasteiger partial charge in [-0.3, -0.25) is 42.5 Å². The molecule has 5 aromatic rings. The summed E-state index contributed by atoms with van der Waals surface area (Å²) in [6.07, 6.45) is 2.11. The average molecular weight is 832 g/mol. The first-order valence-corrected chi connectivity index (χ1v) is 20.0. The molecule has 0 radical (unpaired) electrons. The molecular formula is C40H46N7O11P. The number of carbonyl (C=O) groups excluding carboxylic acids is 2. The van der Waals surface area contributed by atoms with Crippen LogP contribution in [-0.4, -0.2) is 73.6 Å². The zero-order chi connectivity index (χ0) is 43.0. The van der Waals surface area contributed by atoms with Crippen LogP contribution in [0.25, 0.3) is 11.2 Å². The molecule has 1 amide bonds. The number of hydrogen-bond donors (Lipinski definition) is 6. The molecule has 6 N–H and O–H groups in total. The summed E-state index contributed by atoms with van der Waals surface area (Å²) >= 11 is 0. The quantitative estimate of drug-likeness (QED) is 0.0346. The van der Waals surface area contributed by atoms with Crippen molar-refractivity contribution in [1.82, 2.24) is 19.9 Å². The van der Waals surface area contributed by atoms with Gasteiger partial charge in [-0.1, -0.05) is 31.2 Å². The van der Waals surface area contributed by atoms with Gasteiger partial charge in [0.15, 0.2) is 16.9 Å². The number of phosphoric acid groups is 1. The van der Waals surface area contributed by atoms with Crippen molar-refractivity contribution in [2.45, 2.75) is 53.5 Å². The lowest BCUT2D eigenvalue weighted by Gasteiger charge is -2.16. The summed E-state index contributed by atoms with van der Waals surface area (Å²) in [6.45, 7) is 7.27. The number of carboxylic acids is 2. The van der Waals surface area contributed by atoms with Crippen LogP contribution < -0.4 is 21.5 Å². The lowest BCUT2D eigenvalue weighted by atomic mass is 10.1. The van der Waals surface area contributed by atoms with E-state index in [0.717, 1.165) is 11.3 Å². The lowest BCUT2D eigenvalue weighted by Crippen LogP contribution is -2.17. The number of Topliss-reactive ketones (excluding diaryl/α,β-unsaturated/α-hetero) is 1. The fourth-order valence-electron chi connectivity index (χ4n) is 5.15. The standard InChI is InChI=1S/C34H36N7O7P.C6H10O4/c1-4-46-49(45,47-5-2)48-19-18-23-10-14-26(15-11-23)38-32(43)28-8-6-7-9-29(28)39-34-40-31-30(33(44)41-34)37-27(21-36-31)20-35-25-16-12-24(13-17-25)22(3)42;1-4(6(9)10)2-3-5(7)8/h6-17,21,35H,4-5,18-20H2,1-3H3,(H,38,43)(H2,36,39,40,41,44);4H,2-3H2,1H3,(H,7,8)(H,9,10). The fraction of sp³-hybridized carbons (Fsp3) is 0.300. The number of aromatic amines is 1. The Morgan fingerprint density at radius 2 is 1.54 bits per heavy atom. The van der Waals surface area contributed by atoms with Crippen LogP contribution in [0, 0.1) is 5.92 Å². The van der Waals surface area contributed by atoms with Crippen LogP contribution >= 0.6 is 7.82 Å². The van der Waals surface area contributed by atoms with Crippen LogP contribution in [0.1, 0.15) is 72.5 Å². The Balaban J connectivity index is 0.000000680. The number of carbonyl (C=O) groups is 4. The molecule has 2 aromatic heterocycles. The van der Waals surface area contributed by atoms with Crippen molar-refractivity contribution < 1.29 is 47.5 Å². The Kier molecular flexibility index (Phi) is 16.9. The van der Waals surface area contributed by atoms with Gasteiger partial charge < -0.3 is 26.2 Å². The molecule has 0 bridgehead atoms. The number of nitrogens with zero attached hydrogens (tertiary/aromatic N) is 3. The van der Waals surface area contributed by atoms with E-state index in [2.05, 4.69) is 35.9 Å². The Morgan fingerprint density at radius 1 is 0.881 bits per heavy atom. The molecule has 0 saturated heterocycles. The second kappa shape index (κ2) is 22.0. The number of H-pyrrole nitrogens is 1. The summed E-state index contributed by atoms with van der Waals surface area (Å²) in [5.41, 5.74) is 3.80. The highest BCUT2D eigenvalue weighted by Gasteiger charge is 2.25. The first kappa shape index (κ1) is 45.4. The number of nitrogens with one attached hydrogen (secondary N) is 4. The van der Waals surface area contributed by atoms with Crippen LogP contribution in [0.4, 0.5) is 23.0 Å². The predicted molar refractivity (Wildman–Crippen MR) is 220 cm³/mol. The number of para-hydroxylation sites is 1. The van der Waals surface area contributed by atoms with Gasteiger partial charge in [-0.25, -0.2) is 14.5 Å². The van der Waals surface area contributed by atoms with Crippen molar-refractivity contribution in [3.05, 3.63) is 112 Å². The van der Waals surface area contributed by atoms with Gasteiger partial charge in [-0.2, -0.15) is 4.98 Å². The smallest absolute Gasteiger partial charge is 0.474 e. The molecule has 3 aromatic carbocycles. The Bertz CT molecular complexity index is 2330. The second-order valence-corrected chi connectivity index (χ2v) is 14.5. The Hall–Kier alpha value is -6.33. The van der Waals surface area contributed by atoms with Gasteiger partial charge in [0.05, 0.1) is 55.4 Å². The fourth-order valence-corrected chi connectivity index (χ4v) is 6.32. The van der Waals surface area contributed by atoms with Gasteiger partial charge in [0.1, 0.15) is 0 Å². The van der Waals surface area contributed by atoms with Gasteiger partial charge in [-0.15, -0.1) is 0 Å². The molecular weight excluding hydrogens is 785 g/mol. The van der Waals surface area contributed by atoms with Crippen molar-refractivity contribution in [2.75, 3.05) is 35.8 Å². The molecule has 2 heterocycles. The summed E-state index contributed by atoms with van der Waals surface area (Å²) < 4.78 is 28.1. The third kappa shape index (κ3) is 14.2. The van der Waals surface area contributed by atoms with Crippen molar-refractivity contribution in [3.8, 4) is 0 Å². The number of phosphoric ester groups is 1. The van der Waals surface area contributed by atoms with E-state index in [4.69, 9.17) is 23.8 Å². The number of carboxylic acid groups (broad SMARTS) is 2. The van der Waals surface area contributed by atoms with Gasteiger partial charge in [0.2, 0.25) is 5.95 Å². The summed E-state index contributed by atoms with van der Waals surface area (Å²) in [5.74, 6) is -2.76. The Morgan fingerprint density at radius 3 is 2.17 bits per heavy atom. The first-order valence-electron chi connectivity index (χ1n) is 18.6. The number of ketones is 1. The summed E-state index contributed by atoms with van der Waals surface area (Å²) in [5, 5.41) is 25.5. The molecule has 1 unspecified atom stereocenters. The maximum absolute atomic E-state index is 13.3. The first-order chi connectivity index (χ1) is 28.2. The molecule has 18 nitrogen and oxygen atoms in total. The summed E-state index contributed by atoms with van der Waals surface area (Å²) in [4.78, 5) is 73.6. The van der Waals surface area contributed by atoms with E-state index in [1.54, 1.807) is 74.5 Å². The monoisotopic (exact) mass is 831 g/mol. The van der Waals surface area contributed by atoms with E-state index in [9.17, 15) is 28.5 Å². The second-order valence-electron chi connectivity index (χ2n) is 12.8. The van der Waals surface area contributed by atoms with E-state index >= 15 is 0 Å². The average Bonchev–Trinajstić information content (AvgIpc) is 3.20. The van der Waals surface area contributed by atoms with Crippen molar-refractivity contribution in [2.24, 2.45) is 5.92 Å². The molecule has 0 fully saturated rings. The van der Waals surface area contributed by atoms with E-state index in [-0.39, 0.29) is 61.5 Å². The molecule has 0 spiro atoms. The van der Waals surface area contributed by atoms with Crippen molar-refractivity contribution >= 4 is 65.6 Å².